The summed E-state index contributed by atoms with van der Waals surface area (Å²) in [6.07, 6.45) is 0. The molecule has 0 aliphatic carbocycles. The van der Waals surface area contributed by atoms with Gasteiger partial charge in [0.2, 0.25) is 0 Å². The molecule has 0 atom stereocenters. The van der Waals surface area contributed by atoms with E-state index in [4.69, 9.17) is 18.9 Å². The predicted molar refractivity (Wildman–Crippen MR) is 220 cm³/mol. The molecule has 11 nitrogen and oxygen atoms in total. The maximum atomic E-state index is 13.0. The molecular formula is C45H45N5O6. The Bertz CT molecular complexity index is 2220. The van der Waals surface area contributed by atoms with Gasteiger partial charge in [-0.1, -0.05) is 47.7 Å². The highest BCUT2D eigenvalue weighted by Crippen LogP contribution is 2.20. The molecule has 0 radical (unpaired) electrons. The van der Waals surface area contributed by atoms with E-state index in [2.05, 4.69) is 49.9 Å². The molecular weight excluding hydrogens is 707 g/mol. The van der Waals surface area contributed by atoms with Crippen molar-refractivity contribution in [2.24, 2.45) is 0 Å². The molecule has 0 saturated carbocycles. The smallest absolute Gasteiger partial charge is 0.323 e. The van der Waals surface area contributed by atoms with E-state index in [1.54, 1.807) is 43.5 Å². The number of anilines is 4. The number of hydrogen-bond donors (Lipinski definition) is 4. The number of amides is 4. The van der Waals surface area contributed by atoms with Crippen LogP contribution in [0.3, 0.4) is 0 Å². The number of carbonyl (C=O) groups excluding carboxylic acids is 2. The monoisotopic (exact) mass is 751 g/mol. The minimum atomic E-state index is -0.417. The Labute approximate surface area is 328 Å². The number of urea groups is 2. The molecule has 1 heterocycles. The highest BCUT2D eigenvalue weighted by Gasteiger charge is 2.09. The van der Waals surface area contributed by atoms with E-state index in [-0.39, 0.29) is 6.03 Å². The van der Waals surface area contributed by atoms with Gasteiger partial charge in [-0.2, -0.15) is 0 Å². The Morgan fingerprint density at radius 1 is 0.536 bits per heavy atom. The number of ether oxygens (including phenoxy) is 4. The number of carbonyl (C=O) groups is 2. The van der Waals surface area contributed by atoms with Crippen molar-refractivity contribution in [1.29, 1.82) is 0 Å². The zero-order valence-electron chi connectivity index (χ0n) is 32.0. The topological polar surface area (TPSA) is 132 Å². The zero-order chi connectivity index (χ0) is 39.5. The molecule has 11 heteroatoms. The summed E-state index contributed by atoms with van der Waals surface area (Å²) in [5.41, 5.74) is 7.80. The molecule has 0 bridgehead atoms. The number of methoxy groups -OCH3 is 1. The molecule has 0 aliphatic heterocycles. The normalized spacial score (nSPS) is 10.3. The molecule has 0 aliphatic rings. The second kappa shape index (κ2) is 21.3. The van der Waals surface area contributed by atoms with E-state index in [9.17, 15) is 9.59 Å². The van der Waals surface area contributed by atoms with Crippen LogP contribution in [0.25, 0.3) is 0 Å². The van der Waals surface area contributed by atoms with E-state index >= 15 is 0 Å². The summed E-state index contributed by atoms with van der Waals surface area (Å²) < 4.78 is 21.5. The molecule has 4 N–H and O–H groups in total. The lowest BCUT2D eigenvalue weighted by Crippen LogP contribution is -2.20. The lowest BCUT2D eigenvalue weighted by Gasteiger charge is -2.11. The highest BCUT2D eigenvalue weighted by atomic mass is 16.6. The van der Waals surface area contributed by atoms with Gasteiger partial charge in [0.25, 0.3) is 0 Å². The van der Waals surface area contributed by atoms with Crippen molar-refractivity contribution in [2.45, 2.75) is 20.8 Å². The molecule has 5 rings (SSSR count). The first kappa shape index (κ1) is 40.6. The second-order valence-corrected chi connectivity index (χ2v) is 12.6. The average Bonchev–Trinajstić information content (AvgIpc) is 3.19. The Kier molecular flexibility index (Phi) is 15.4. The summed E-state index contributed by atoms with van der Waals surface area (Å²) in [6.45, 7) is 8.80. The van der Waals surface area contributed by atoms with Gasteiger partial charge in [0.15, 0.2) is 0 Å². The predicted octanol–water partition coefficient (Wildman–Crippen LogP) is 8.15. The number of nitrogens with one attached hydrogen (secondary N) is 4. The van der Waals surface area contributed by atoms with Crippen LogP contribution in [-0.4, -0.2) is 63.8 Å². The van der Waals surface area contributed by atoms with Gasteiger partial charge >= 0.3 is 12.1 Å². The summed E-state index contributed by atoms with van der Waals surface area (Å²) in [5.74, 6) is 13.2. The van der Waals surface area contributed by atoms with Crippen molar-refractivity contribution in [3.8, 4) is 29.4 Å². The van der Waals surface area contributed by atoms with E-state index in [1.165, 1.54) is 0 Å². The Morgan fingerprint density at radius 3 is 1.52 bits per heavy atom. The lowest BCUT2D eigenvalue weighted by atomic mass is 10.1. The van der Waals surface area contributed by atoms with Crippen molar-refractivity contribution >= 4 is 34.8 Å². The molecule has 5 aromatic rings. The van der Waals surface area contributed by atoms with Crippen LogP contribution < -0.4 is 26.0 Å². The lowest BCUT2D eigenvalue weighted by molar-refractivity contribution is 0.0180. The van der Waals surface area contributed by atoms with E-state index in [1.807, 2.05) is 87.5 Å². The minimum absolute atomic E-state index is 0.368. The van der Waals surface area contributed by atoms with Crippen molar-refractivity contribution in [3.05, 3.63) is 142 Å². The molecule has 286 valence electrons. The third kappa shape index (κ3) is 13.7. The van der Waals surface area contributed by atoms with E-state index in [0.29, 0.717) is 90.7 Å². The molecule has 0 saturated heterocycles. The maximum Gasteiger partial charge on any atom is 0.323 e. The fourth-order valence-corrected chi connectivity index (χ4v) is 5.10. The van der Waals surface area contributed by atoms with Gasteiger partial charge in [-0.15, -0.1) is 0 Å². The van der Waals surface area contributed by atoms with Gasteiger partial charge in [0.1, 0.15) is 23.7 Å². The zero-order valence-corrected chi connectivity index (χ0v) is 32.0. The summed E-state index contributed by atoms with van der Waals surface area (Å²) >= 11 is 0. The number of nitrogens with zero attached hydrogens (tertiary/aromatic N) is 1. The van der Waals surface area contributed by atoms with Gasteiger partial charge in [-0.05, 0) is 117 Å². The second-order valence-electron chi connectivity index (χ2n) is 12.6. The standard InChI is InChI=1S/C45H45N5O6/c1-32-8-14-39(15-9-32)47-44(51)49-42-22-10-33(2)30-35(42)12-16-37-6-5-7-38(46-37)17-13-36-31-34(3)11-23-43(36)50-45(52)48-40-18-20-41(21-19-40)56-29-28-55-27-26-54-25-24-53-4/h5-11,14-15,18-23,30-31H,24-29H2,1-4H3,(H2,47,49,51)(H2,48,50,52). The molecule has 0 spiro atoms. The summed E-state index contributed by atoms with van der Waals surface area (Å²) in [6, 6.07) is 30.6. The maximum absolute atomic E-state index is 13.0. The molecule has 56 heavy (non-hydrogen) atoms. The van der Waals surface area contributed by atoms with Crippen molar-refractivity contribution in [2.75, 3.05) is 68.0 Å². The van der Waals surface area contributed by atoms with Gasteiger partial charge in [-0.25, -0.2) is 14.6 Å². The van der Waals surface area contributed by atoms with Crippen LogP contribution in [0.15, 0.2) is 103 Å². The Hall–Kier alpha value is -6.63. The molecule has 0 fully saturated rings. The first-order valence-corrected chi connectivity index (χ1v) is 18.1. The number of benzene rings is 4. The van der Waals surface area contributed by atoms with Crippen LogP contribution in [0, 0.1) is 44.5 Å². The van der Waals surface area contributed by atoms with Crippen LogP contribution in [0.5, 0.6) is 5.75 Å². The van der Waals surface area contributed by atoms with Crippen molar-refractivity contribution in [1.82, 2.24) is 4.98 Å². The number of rotatable bonds is 14. The van der Waals surface area contributed by atoms with Crippen LogP contribution in [0.1, 0.15) is 39.2 Å². The quantitative estimate of drug-likeness (QED) is 0.0665. The van der Waals surface area contributed by atoms with Crippen LogP contribution in [0.4, 0.5) is 32.3 Å². The van der Waals surface area contributed by atoms with Crippen molar-refractivity contribution < 1.29 is 28.5 Å². The SMILES string of the molecule is COCCOCCOCCOc1ccc(NC(=O)Nc2ccc(C)cc2C#Cc2cccc(C#Cc3cc(C)ccc3NC(=O)Nc3ccc(C)cc3)n2)cc1. The van der Waals surface area contributed by atoms with E-state index < -0.39 is 6.03 Å². The average molecular weight is 752 g/mol. The van der Waals surface area contributed by atoms with E-state index in [0.717, 1.165) is 16.7 Å². The third-order valence-corrected chi connectivity index (χ3v) is 7.97. The van der Waals surface area contributed by atoms with Gasteiger partial charge in [0.05, 0.1) is 44.4 Å². The first-order valence-electron chi connectivity index (χ1n) is 18.1. The summed E-state index contributed by atoms with van der Waals surface area (Å²) in [4.78, 5) is 30.3. The molecule has 4 aromatic carbocycles. The molecule has 1 aromatic heterocycles. The number of aromatic nitrogens is 1. The fraction of sp³-hybridized carbons (Fsp3) is 0.222. The fourth-order valence-electron chi connectivity index (χ4n) is 5.10. The number of pyridine rings is 1. The van der Waals surface area contributed by atoms with Gasteiger partial charge in [-0.3, -0.25) is 0 Å². The van der Waals surface area contributed by atoms with Crippen LogP contribution >= 0.6 is 0 Å². The third-order valence-electron chi connectivity index (χ3n) is 7.97. The van der Waals surface area contributed by atoms with Gasteiger partial charge < -0.3 is 40.2 Å². The molecule has 0 unspecified atom stereocenters. The molecule has 4 amide bonds. The first-order chi connectivity index (χ1) is 27.2. The summed E-state index contributed by atoms with van der Waals surface area (Å²) in [7, 11) is 1.63. The number of hydrogen-bond acceptors (Lipinski definition) is 7. The Morgan fingerprint density at radius 2 is 1.00 bits per heavy atom. The largest absolute Gasteiger partial charge is 0.491 e. The van der Waals surface area contributed by atoms with Crippen LogP contribution in [0.2, 0.25) is 0 Å². The Balaban J connectivity index is 1.17. The highest BCUT2D eigenvalue weighted by molar-refractivity contribution is 6.01. The summed E-state index contributed by atoms with van der Waals surface area (Å²) in [5, 5.41) is 11.5. The minimum Gasteiger partial charge on any atom is -0.491 e. The number of aryl methyl sites for hydroxylation is 3. The van der Waals surface area contributed by atoms with Gasteiger partial charge in [0, 0.05) is 29.6 Å². The van der Waals surface area contributed by atoms with Crippen LogP contribution in [-0.2, 0) is 14.2 Å². The van der Waals surface area contributed by atoms with Crippen molar-refractivity contribution in [3.63, 3.8) is 0 Å².